The van der Waals surface area contributed by atoms with Gasteiger partial charge in [-0.1, -0.05) is 59.0 Å². The van der Waals surface area contributed by atoms with Crippen molar-refractivity contribution in [3.8, 4) is 23.7 Å². The van der Waals surface area contributed by atoms with Gasteiger partial charge in [0.15, 0.2) is 11.5 Å². The Hall–Kier alpha value is -5.17. The number of carbonyl (C=O) groups excluding carboxylic acids is 2. The van der Waals surface area contributed by atoms with Crippen LogP contribution in [0.1, 0.15) is 83.3 Å². The molecule has 2 aromatic heterocycles. The lowest BCUT2D eigenvalue weighted by molar-refractivity contribution is 0.0443. The number of pyridine rings is 1. The molecule has 2 heterocycles. The predicted molar refractivity (Wildman–Crippen MR) is 201 cm³/mol. The largest absolute Gasteiger partial charge is 0.384 e. The normalized spacial score (nSPS) is 22.2. The van der Waals surface area contributed by atoms with Crippen LogP contribution in [0.15, 0.2) is 79.3 Å². The van der Waals surface area contributed by atoms with Crippen LogP contribution in [0.5, 0.6) is 0 Å². The Kier molecular flexibility index (Phi) is 12.7. The van der Waals surface area contributed by atoms with Crippen LogP contribution in [0.25, 0.3) is 0 Å². The van der Waals surface area contributed by atoms with Crippen molar-refractivity contribution in [2.24, 2.45) is 0 Å². The highest BCUT2D eigenvalue weighted by Crippen LogP contribution is 2.29. The van der Waals surface area contributed by atoms with Crippen molar-refractivity contribution in [1.29, 1.82) is 0 Å². The molecule has 0 bridgehead atoms. The molecule has 4 aromatic rings. The second kappa shape index (κ2) is 17.4. The SMILES string of the molecule is Nc1ccc(C(=O)N[C@H]2CCC[C@@](O)(C#Cc3cccc(Cl)c3)C2)cn1.Nc1nccnc1C(=O)N[C@H]1CCC[C@@](O)(C#Cc2cccc(Cl)c2)C1. The van der Waals surface area contributed by atoms with E-state index in [2.05, 4.69) is 49.3 Å². The maximum atomic E-state index is 12.3. The number of nitrogens with zero attached hydrogens (tertiary/aromatic N) is 3. The molecule has 4 atom stereocenters. The first kappa shape index (κ1) is 38.1. The smallest absolute Gasteiger partial charge is 0.273 e. The fraction of sp³-hybridized carbons (Fsp3) is 0.308. The number of benzene rings is 2. The molecule has 6 rings (SSSR count). The predicted octanol–water partition coefficient (Wildman–Crippen LogP) is 4.94. The Labute approximate surface area is 312 Å². The number of aromatic nitrogens is 3. The molecule has 2 fully saturated rings. The number of aliphatic hydroxyl groups is 2. The molecule has 0 saturated heterocycles. The van der Waals surface area contributed by atoms with E-state index in [1.807, 2.05) is 24.3 Å². The Morgan fingerprint density at radius 1 is 0.750 bits per heavy atom. The summed E-state index contributed by atoms with van der Waals surface area (Å²) in [6, 6.07) is 17.2. The Balaban J connectivity index is 0.000000201. The van der Waals surface area contributed by atoms with E-state index < -0.39 is 17.1 Å². The highest BCUT2D eigenvalue weighted by Gasteiger charge is 2.35. The third-order valence-electron chi connectivity index (χ3n) is 8.64. The number of anilines is 2. The summed E-state index contributed by atoms with van der Waals surface area (Å²) in [5.41, 5.74) is 11.0. The van der Waals surface area contributed by atoms with Crippen LogP contribution in [-0.2, 0) is 0 Å². The number of halogens is 2. The van der Waals surface area contributed by atoms with Crippen molar-refractivity contribution in [2.75, 3.05) is 11.5 Å². The number of hydrogen-bond acceptors (Lipinski definition) is 9. The fourth-order valence-corrected chi connectivity index (χ4v) is 6.45. The van der Waals surface area contributed by atoms with Crippen LogP contribution in [0.4, 0.5) is 11.6 Å². The lowest BCUT2D eigenvalue weighted by Gasteiger charge is -2.33. The number of nitrogens with one attached hydrogen (secondary N) is 2. The van der Waals surface area contributed by atoms with Gasteiger partial charge in [-0.3, -0.25) is 9.59 Å². The second-order valence-electron chi connectivity index (χ2n) is 12.9. The molecule has 2 saturated carbocycles. The van der Waals surface area contributed by atoms with Gasteiger partial charge in [0, 0.05) is 64.7 Å². The minimum Gasteiger partial charge on any atom is -0.384 e. The molecule has 2 aromatic carbocycles. The summed E-state index contributed by atoms with van der Waals surface area (Å²) in [5.74, 6) is 11.7. The topological polar surface area (TPSA) is 189 Å². The van der Waals surface area contributed by atoms with E-state index in [1.54, 1.807) is 36.4 Å². The van der Waals surface area contributed by atoms with E-state index in [4.69, 9.17) is 34.7 Å². The van der Waals surface area contributed by atoms with Gasteiger partial charge in [0.05, 0.1) is 5.56 Å². The maximum absolute atomic E-state index is 12.3. The second-order valence-corrected chi connectivity index (χ2v) is 13.8. The van der Waals surface area contributed by atoms with Gasteiger partial charge in [0.1, 0.15) is 17.0 Å². The number of rotatable bonds is 4. The molecule has 8 N–H and O–H groups in total. The summed E-state index contributed by atoms with van der Waals surface area (Å²) in [5, 5.41) is 28.6. The van der Waals surface area contributed by atoms with Gasteiger partial charge in [0.25, 0.3) is 11.8 Å². The average Bonchev–Trinajstić information content (AvgIpc) is 3.11. The van der Waals surface area contributed by atoms with Crippen molar-refractivity contribution in [3.05, 3.63) is 112 Å². The molecule has 2 amide bonds. The van der Waals surface area contributed by atoms with Crippen LogP contribution in [0.3, 0.4) is 0 Å². The van der Waals surface area contributed by atoms with Crippen molar-refractivity contribution >= 4 is 46.7 Å². The molecule has 268 valence electrons. The number of amides is 2. The van der Waals surface area contributed by atoms with E-state index in [0.29, 0.717) is 47.1 Å². The summed E-state index contributed by atoms with van der Waals surface area (Å²) in [4.78, 5) is 36.4. The summed E-state index contributed by atoms with van der Waals surface area (Å²) in [6.07, 6.45) is 9.24. The zero-order chi connectivity index (χ0) is 37.1. The Morgan fingerprint density at radius 2 is 1.29 bits per heavy atom. The zero-order valence-electron chi connectivity index (χ0n) is 28.3. The highest BCUT2D eigenvalue weighted by molar-refractivity contribution is 6.31. The van der Waals surface area contributed by atoms with Crippen molar-refractivity contribution in [2.45, 2.75) is 74.7 Å². The molecule has 0 spiro atoms. The highest BCUT2D eigenvalue weighted by atomic mass is 35.5. The number of hydrogen-bond donors (Lipinski definition) is 6. The minimum atomic E-state index is -1.16. The summed E-state index contributed by atoms with van der Waals surface area (Å²) < 4.78 is 0. The zero-order valence-corrected chi connectivity index (χ0v) is 29.8. The monoisotopic (exact) mass is 739 g/mol. The van der Waals surface area contributed by atoms with Crippen LogP contribution in [0.2, 0.25) is 10.0 Å². The van der Waals surface area contributed by atoms with E-state index in [9.17, 15) is 19.8 Å². The van der Waals surface area contributed by atoms with Crippen molar-refractivity contribution in [1.82, 2.24) is 25.6 Å². The summed E-state index contributed by atoms with van der Waals surface area (Å²) in [6.45, 7) is 0. The number of nitrogens with two attached hydrogens (primary N) is 2. The number of nitrogen functional groups attached to an aromatic ring is 2. The molecular weight excluding hydrogens is 701 g/mol. The van der Waals surface area contributed by atoms with Crippen LogP contribution >= 0.6 is 23.2 Å². The van der Waals surface area contributed by atoms with E-state index in [1.165, 1.54) is 18.6 Å². The van der Waals surface area contributed by atoms with Crippen LogP contribution in [-0.4, -0.2) is 60.3 Å². The molecule has 2 aliphatic carbocycles. The van der Waals surface area contributed by atoms with E-state index in [0.717, 1.165) is 36.8 Å². The van der Waals surface area contributed by atoms with Gasteiger partial charge < -0.3 is 32.3 Å². The molecular formula is C39H39Cl2N7O4. The first-order chi connectivity index (χ1) is 24.9. The van der Waals surface area contributed by atoms with E-state index in [-0.39, 0.29) is 29.5 Å². The Morgan fingerprint density at radius 3 is 1.79 bits per heavy atom. The van der Waals surface area contributed by atoms with Gasteiger partial charge in [-0.15, -0.1) is 0 Å². The first-order valence-electron chi connectivity index (χ1n) is 16.8. The van der Waals surface area contributed by atoms with E-state index >= 15 is 0 Å². The third kappa shape index (κ3) is 11.2. The lowest BCUT2D eigenvalue weighted by Crippen LogP contribution is -2.45. The van der Waals surface area contributed by atoms with Gasteiger partial charge in [-0.25, -0.2) is 15.0 Å². The lowest BCUT2D eigenvalue weighted by atomic mass is 9.82. The minimum absolute atomic E-state index is 0.0804. The van der Waals surface area contributed by atoms with Crippen molar-refractivity contribution < 1.29 is 19.8 Å². The molecule has 52 heavy (non-hydrogen) atoms. The van der Waals surface area contributed by atoms with Gasteiger partial charge in [-0.2, -0.15) is 0 Å². The third-order valence-corrected chi connectivity index (χ3v) is 9.11. The van der Waals surface area contributed by atoms with Crippen molar-refractivity contribution in [3.63, 3.8) is 0 Å². The van der Waals surface area contributed by atoms with Gasteiger partial charge in [-0.05, 0) is 87.1 Å². The number of carbonyl (C=O) groups is 2. The van der Waals surface area contributed by atoms with Gasteiger partial charge in [0.2, 0.25) is 0 Å². The Bertz CT molecular complexity index is 2020. The molecule has 2 aliphatic rings. The molecule has 0 unspecified atom stereocenters. The quantitative estimate of drug-likeness (QED) is 0.158. The maximum Gasteiger partial charge on any atom is 0.273 e. The van der Waals surface area contributed by atoms with Crippen LogP contribution in [0, 0.1) is 23.7 Å². The summed E-state index contributed by atoms with van der Waals surface area (Å²) in [7, 11) is 0. The fourth-order valence-electron chi connectivity index (χ4n) is 6.07. The standard InChI is InChI=1S/C20H20ClN3O2.C19H19ClN4O2/c21-16-4-1-3-14(11-16)8-10-20(26)9-2-5-17(12-20)24-19(25)15-6-7-18(22)23-13-15;20-14-4-1-3-13(11-14)6-8-19(26)7-2-5-15(12-19)24-18(25)16-17(21)23-10-9-22-16/h1,3-4,6-7,11,13,17,26H,2,5,9,12H2,(H2,22,23)(H,24,25);1,3-4,9-11,15,26H,2,5,7,12H2,(H2,21,23)(H,24,25)/t17-,20+;15-,19+/m00/s1. The molecule has 13 heteroatoms. The molecule has 11 nitrogen and oxygen atoms in total. The van der Waals surface area contributed by atoms with Gasteiger partial charge >= 0.3 is 0 Å². The summed E-state index contributed by atoms with van der Waals surface area (Å²) >= 11 is 11.9. The molecule has 0 radical (unpaired) electrons. The average molecular weight is 741 g/mol. The van der Waals surface area contributed by atoms with Crippen LogP contribution < -0.4 is 22.1 Å². The molecule has 0 aliphatic heterocycles. The first-order valence-corrected chi connectivity index (χ1v) is 17.6.